The van der Waals surface area contributed by atoms with Crippen molar-refractivity contribution in [3.05, 3.63) is 23.3 Å². The number of nitrogens with one attached hydrogen (secondary N) is 1. The number of rotatable bonds is 2. The SMILES string of the molecule is CCc1cc2c(c(OC)c1)OCCNC2. The van der Waals surface area contributed by atoms with Crippen LogP contribution in [0.25, 0.3) is 0 Å². The second-order valence-electron chi connectivity index (χ2n) is 3.67. The highest BCUT2D eigenvalue weighted by atomic mass is 16.5. The van der Waals surface area contributed by atoms with Crippen LogP contribution in [0.5, 0.6) is 11.5 Å². The Morgan fingerprint density at radius 3 is 3.07 bits per heavy atom. The normalized spacial score (nSPS) is 15.1. The van der Waals surface area contributed by atoms with E-state index in [9.17, 15) is 0 Å². The molecule has 3 heteroatoms. The second-order valence-corrected chi connectivity index (χ2v) is 3.67. The molecule has 0 radical (unpaired) electrons. The first-order valence-corrected chi connectivity index (χ1v) is 5.38. The number of fused-ring (bicyclic) bond motifs is 1. The summed E-state index contributed by atoms with van der Waals surface area (Å²) in [5, 5.41) is 3.33. The Balaban J connectivity index is 2.45. The molecule has 0 atom stereocenters. The third-order valence-electron chi connectivity index (χ3n) is 2.66. The van der Waals surface area contributed by atoms with Gasteiger partial charge in [0.05, 0.1) is 7.11 Å². The summed E-state index contributed by atoms with van der Waals surface area (Å²) < 4.78 is 11.0. The van der Waals surface area contributed by atoms with Crippen LogP contribution in [0.2, 0.25) is 0 Å². The van der Waals surface area contributed by atoms with Crippen LogP contribution in [0.4, 0.5) is 0 Å². The van der Waals surface area contributed by atoms with E-state index < -0.39 is 0 Å². The Morgan fingerprint density at radius 1 is 1.47 bits per heavy atom. The van der Waals surface area contributed by atoms with Crippen LogP contribution >= 0.6 is 0 Å². The highest BCUT2D eigenvalue weighted by Gasteiger charge is 2.14. The molecule has 0 unspecified atom stereocenters. The largest absolute Gasteiger partial charge is 0.493 e. The molecule has 0 bridgehead atoms. The molecule has 1 heterocycles. The van der Waals surface area contributed by atoms with Crippen molar-refractivity contribution >= 4 is 0 Å². The van der Waals surface area contributed by atoms with Crippen molar-refractivity contribution in [2.75, 3.05) is 20.3 Å². The molecule has 0 aromatic heterocycles. The molecule has 1 aromatic carbocycles. The van der Waals surface area contributed by atoms with Gasteiger partial charge in [0.2, 0.25) is 0 Å². The molecule has 82 valence electrons. The van der Waals surface area contributed by atoms with Crippen LogP contribution in [0, 0.1) is 0 Å². The summed E-state index contributed by atoms with van der Waals surface area (Å²) in [5.41, 5.74) is 2.49. The monoisotopic (exact) mass is 207 g/mol. The van der Waals surface area contributed by atoms with Crippen LogP contribution in [0.15, 0.2) is 12.1 Å². The summed E-state index contributed by atoms with van der Waals surface area (Å²) in [6, 6.07) is 4.25. The minimum atomic E-state index is 0.703. The van der Waals surface area contributed by atoms with E-state index in [0.717, 1.165) is 31.0 Å². The number of hydrogen-bond donors (Lipinski definition) is 1. The first kappa shape index (κ1) is 10.3. The van der Waals surface area contributed by atoms with Crippen molar-refractivity contribution in [2.45, 2.75) is 19.9 Å². The van der Waals surface area contributed by atoms with Crippen molar-refractivity contribution in [3.63, 3.8) is 0 Å². The minimum absolute atomic E-state index is 0.703. The molecule has 0 spiro atoms. The van der Waals surface area contributed by atoms with Crippen molar-refractivity contribution < 1.29 is 9.47 Å². The molecule has 1 N–H and O–H groups in total. The predicted molar refractivity (Wildman–Crippen MR) is 59.6 cm³/mol. The zero-order valence-corrected chi connectivity index (χ0v) is 9.30. The van der Waals surface area contributed by atoms with Crippen LogP contribution in [0.1, 0.15) is 18.1 Å². The van der Waals surface area contributed by atoms with Crippen molar-refractivity contribution in [3.8, 4) is 11.5 Å². The molecule has 0 aliphatic carbocycles. The lowest BCUT2D eigenvalue weighted by atomic mass is 10.1. The third kappa shape index (κ3) is 2.07. The van der Waals surface area contributed by atoms with Crippen LogP contribution < -0.4 is 14.8 Å². The van der Waals surface area contributed by atoms with Gasteiger partial charge in [0.25, 0.3) is 0 Å². The van der Waals surface area contributed by atoms with Gasteiger partial charge in [0, 0.05) is 18.7 Å². The lowest BCUT2D eigenvalue weighted by Gasteiger charge is -2.13. The maximum atomic E-state index is 5.68. The van der Waals surface area contributed by atoms with Crippen LogP contribution in [-0.2, 0) is 13.0 Å². The van der Waals surface area contributed by atoms with Gasteiger partial charge in [-0.3, -0.25) is 0 Å². The third-order valence-corrected chi connectivity index (χ3v) is 2.66. The van der Waals surface area contributed by atoms with E-state index in [1.807, 2.05) is 0 Å². The van der Waals surface area contributed by atoms with Gasteiger partial charge in [-0.25, -0.2) is 0 Å². The topological polar surface area (TPSA) is 30.5 Å². The maximum Gasteiger partial charge on any atom is 0.165 e. The fraction of sp³-hybridized carbons (Fsp3) is 0.500. The van der Waals surface area contributed by atoms with Gasteiger partial charge in [-0.15, -0.1) is 0 Å². The molecular formula is C12H17NO2. The molecule has 1 aromatic rings. The Labute approximate surface area is 90.4 Å². The molecule has 2 rings (SSSR count). The van der Waals surface area contributed by atoms with E-state index in [1.165, 1.54) is 11.1 Å². The number of methoxy groups -OCH3 is 1. The first-order valence-electron chi connectivity index (χ1n) is 5.38. The number of benzene rings is 1. The van der Waals surface area contributed by atoms with Crippen LogP contribution in [0.3, 0.4) is 0 Å². The Kier molecular flexibility index (Phi) is 3.11. The zero-order valence-electron chi connectivity index (χ0n) is 9.30. The number of ether oxygens (including phenoxy) is 2. The van der Waals surface area contributed by atoms with Crippen molar-refractivity contribution in [1.82, 2.24) is 5.32 Å². The predicted octanol–water partition coefficient (Wildman–Crippen LogP) is 1.74. The highest BCUT2D eigenvalue weighted by Crippen LogP contribution is 2.33. The smallest absolute Gasteiger partial charge is 0.165 e. The van der Waals surface area contributed by atoms with E-state index in [1.54, 1.807) is 7.11 Å². The summed E-state index contributed by atoms with van der Waals surface area (Å²) >= 11 is 0. The van der Waals surface area contributed by atoms with E-state index in [2.05, 4.69) is 24.4 Å². The van der Waals surface area contributed by atoms with Crippen molar-refractivity contribution in [2.24, 2.45) is 0 Å². The molecule has 0 amide bonds. The molecule has 0 saturated carbocycles. The van der Waals surface area contributed by atoms with Crippen molar-refractivity contribution in [1.29, 1.82) is 0 Å². The summed E-state index contributed by atoms with van der Waals surface area (Å²) in [5.74, 6) is 1.76. The average molecular weight is 207 g/mol. The summed E-state index contributed by atoms with van der Waals surface area (Å²) in [6.07, 6.45) is 1.02. The van der Waals surface area contributed by atoms with E-state index in [4.69, 9.17) is 9.47 Å². The lowest BCUT2D eigenvalue weighted by Crippen LogP contribution is -2.16. The molecular weight excluding hydrogens is 190 g/mol. The van der Waals surface area contributed by atoms with Gasteiger partial charge in [-0.05, 0) is 18.1 Å². The number of hydrogen-bond acceptors (Lipinski definition) is 3. The van der Waals surface area contributed by atoms with Crippen LogP contribution in [-0.4, -0.2) is 20.3 Å². The Bertz CT molecular complexity index is 350. The van der Waals surface area contributed by atoms with Gasteiger partial charge in [-0.2, -0.15) is 0 Å². The molecule has 1 aliphatic heterocycles. The fourth-order valence-corrected chi connectivity index (χ4v) is 1.82. The van der Waals surface area contributed by atoms with E-state index >= 15 is 0 Å². The highest BCUT2D eigenvalue weighted by molar-refractivity contribution is 5.50. The second kappa shape index (κ2) is 4.53. The van der Waals surface area contributed by atoms with Gasteiger partial charge in [-0.1, -0.05) is 13.0 Å². The molecule has 0 saturated heterocycles. The van der Waals surface area contributed by atoms with Gasteiger partial charge in [0.15, 0.2) is 11.5 Å². The molecule has 15 heavy (non-hydrogen) atoms. The molecule has 0 fully saturated rings. The standard InChI is InChI=1S/C12H17NO2/c1-3-9-6-10-8-13-4-5-15-12(10)11(7-9)14-2/h6-7,13H,3-5,8H2,1-2H3. The quantitative estimate of drug-likeness (QED) is 0.801. The van der Waals surface area contributed by atoms with Gasteiger partial charge < -0.3 is 14.8 Å². The Hall–Kier alpha value is -1.22. The number of aryl methyl sites for hydroxylation is 1. The van der Waals surface area contributed by atoms with Gasteiger partial charge in [0.1, 0.15) is 6.61 Å². The van der Waals surface area contributed by atoms with E-state index in [0.29, 0.717) is 6.61 Å². The van der Waals surface area contributed by atoms with Gasteiger partial charge >= 0.3 is 0 Å². The molecule has 3 nitrogen and oxygen atoms in total. The zero-order chi connectivity index (χ0) is 10.7. The summed E-state index contributed by atoms with van der Waals surface area (Å²) in [6.45, 7) is 4.60. The van der Waals surface area contributed by atoms with E-state index in [-0.39, 0.29) is 0 Å². The molecule has 1 aliphatic rings. The summed E-state index contributed by atoms with van der Waals surface area (Å²) in [7, 11) is 1.69. The Morgan fingerprint density at radius 2 is 2.33 bits per heavy atom. The average Bonchev–Trinajstić information content (AvgIpc) is 2.52. The minimum Gasteiger partial charge on any atom is -0.493 e. The first-order chi connectivity index (χ1) is 7.35. The maximum absolute atomic E-state index is 5.68. The lowest BCUT2D eigenvalue weighted by molar-refractivity contribution is 0.301. The fourth-order valence-electron chi connectivity index (χ4n) is 1.82. The summed E-state index contributed by atoms with van der Waals surface area (Å²) in [4.78, 5) is 0.